The fourth-order valence-corrected chi connectivity index (χ4v) is 3.69. The maximum absolute atomic E-state index is 12.7. The SMILES string of the molecule is CNC(=O)[C@@H]1CN(C(=O)CC2=CCCCC2)C[C@H]1c1nc(COC)no1. The number of nitrogens with zero attached hydrogens (tertiary/aromatic N) is 3. The van der Waals surface area contributed by atoms with Gasteiger partial charge < -0.3 is 19.5 Å². The highest BCUT2D eigenvalue weighted by Crippen LogP contribution is 2.33. The standard InChI is InChI=1S/C18H26N4O4/c1-19-17(24)13-9-22(16(23)8-12-6-4-3-5-7-12)10-14(13)18-20-15(11-25-2)21-26-18/h6,13-14H,3-5,7-11H2,1-2H3,(H,19,24)/t13-,14-/m1/s1. The Morgan fingerprint density at radius 2 is 2.23 bits per heavy atom. The van der Waals surface area contributed by atoms with E-state index < -0.39 is 0 Å². The Labute approximate surface area is 153 Å². The smallest absolute Gasteiger partial charge is 0.232 e. The normalized spacial score (nSPS) is 23.0. The lowest BCUT2D eigenvalue weighted by Gasteiger charge is -2.18. The van der Waals surface area contributed by atoms with Crippen LogP contribution in [0.2, 0.25) is 0 Å². The first-order valence-electron chi connectivity index (χ1n) is 9.11. The molecular weight excluding hydrogens is 336 g/mol. The van der Waals surface area contributed by atoms with Crippen LogP contribution in [0.25, 0.3) is 0 Å². The van der Waals surface area contributed by atoms with E-state index in [-0.39, 0.29) is 30.3 Å². The Balaban J connectivity index is 1.72. The number of likely N-dealkylation sites (tertiary alicyclic amines) is 1. The molecule has 0 radical (unpaired) electrons. The van der Waals surface area contributed by atoms with Crippen molar-refractivity contribution in [2.24, 2.45) is 5.92 Å². The molecule has 1 aliphatic carbocycles. The van der Waals surface area contributed by atoms with Gasteiger partial charge in [0.05, 0.1) is 11.8 Å². The van der Waals surface area contributed by atoms with Gasteiger partial charge in [-0.15, -0.1) is 0 Å². The van der Waals surface area contributed by atoms with E-state index in [2.05, 4.69) is 21.5 Å². The van der Waals surface area contributed by atoms with Crippen molar-refractivity contribution in [3.63, 3.8) is 0 Å². The maximum atomic E-state index is 12.7. The predicted molar refractivity (Wildman–Crippen MR) is 93.1 cm³/mol. The summed E-state index contributed by atoms with van der Waals surface area (Å²) in [6, 6.07) is 0. The summed E-state index contributed by atoms with van der Waals surface area (Å²) < 4.78 is 10.3. The van der Waals surface area contributed by atoms with Crippen LogP contribution < -0.4 is 5.32 Å². The average Bonchev–Trinajstić information content (AvgIpc) is 3.29. The number of hydrogen-bond donors (Lipinski definition) is 1. The van der Waals surface area contributed by atoms with Crippen LogP contribution in [0.15, 0.2) is 16.2 Å². The zero-order valence-electron chi connectivity index (χ0n) is 15.4. The minimum atomic E-state index is -0.389. The summed E-state index contributed by atoms with van der Waals surface area (Å²) >= 11 is 0. The molecule has 1 saturated heterocycles. The molecule has 0 saturated carbocycles. The lowest BCUT2D eigenvalue weighted by molar-refractivity contribution is -0.130. The molecule has 1 aliphatic heterocycles. The largest absolute Gasteiger partial charge is 0.377 e. The molecule has 0 aromatic carbocycles. The summed E-state index contributed by atoms with van der Waals surface area (Å²) in [5.41, 5.74) is 1.21. The Hall–Kier alpha value is -2.22. The Morgan fingerprint density at radius 1 is 1.38 bits per heavy atom. The van der Waals surface area contributed by atoms with Crippen LogP contribution in [0.4, 0.5) is 0 Å². The highest BCUT2D eigenvalue weighted by Gasteiger charge is 2.43. The molecule has 1 fully saturated rings. The summed E-state index contributed by atoms with van der Waals surface area (Å²) in [5, 5.41) is 6.55. The first kappa shape index (κ1) is 18.6. The molecule has 1 aromatic heterocycles. The van der Waals surface area contributed by atoms with Crippen molar-refractivity contribution in [1.29, 1.82) is 0 Å². The molecule has 8 heteroatoms. The average molecular weight is 362 g/mol. The van der Waals surface area contributed by atoms with Gasteiger partial charge in [-0.1, -0.05) is 16.8 Å². The van der Waals surface area contributed by atoms with Crippen molar-refractivity contribution in [2.75, 3.05) is 27.2 Å². The van der Waals surface area contributed by atoms with Gasteiger partial charge >= 0.3 is 0 Å². The molecule has 3 rings (SSSR count). The zero-order valence-corrected chi connectivity index (χ0v) is 15.4. The number of amides is 2. The Bertz CT molecular complexity index is 684. The zero-order chi connectivity index (χ0) is 18.5. The molecule has 2 atom stereocenters. The van der Waals surface area contributed by atoms with Crippen molar-refractivity contribution < 1.29 is 18.8 Å². The van der Waals surface area contributed by atoms with Gasteiger partial charge in [0.1, 0.15) is 6.61 Å². The highest BCUT2D eigenvalue weighted by molar-refractivity contribution is 5.83. The second-order valence-electron chi connectivity index (χ2n) is 6.89. The number of ether oxygens (including phenoxy) is 1. The van der Waals surface area contributed by atoms with Crippen molar-refractivity contribution >= 4 is 11.8 Å². The van der Waals surface area contributed by atoms with Crippen LogP contribution in [0, 0.1) is 5.92 Å². The highest BCUT2D eigenvalue weighted by atomic mass is 16.5. The topological polar surface area (TPSA) is 97.6 Å². The van der Waals surface area contributed by atoms with Crippen molar-refractivity contribution in [1.82, 2.24) is 20.4 Å². The lowest BCUT2D eigenvalue weighted by atomic mass is 9.95. The predicted octanol–water partition coefficient (Wildman–Crippen LogP) is 1.39. The van der Waals surface area contributed by atoms with E-state index in [1.54, 1.807) is 19.1 Å². The van der Waals surface area contributed by atoms with E-state index in [0.29, 0.717) is 31.2 Å². The van der Waals surface area contributed by atoms with Crippen LogP contribution in [0.1, 0.15) is 49.7 Å². The van der Waals surface area contributed by atoms with E-state index in [4.69, 9.17) is 9.26 Å². The Kier molecular flexibility index (Phi) is 6.03. The van der Waals surface area contributed by atoms with Gasteiger partial charge in [0, 0.05) is 33.7 Å². The van der Waals surface area contributed by atoms with Crippen molar-refractivity contribution in [3.05, 3.63) is 23.4 Å². The van der Waals surface area contributed by atoms with E-state index in [1.165, 1.54) is 12.0 Å². The van der Waals surface area contributed by atoms with Gasteiger partial charge in [-0.05, 0) is 25.7 Å². The van der Waals surface area contributed by atoms with Crippen LogP contribution in [0.5, 0.6) is 0 Å². The van der Waals surface area contributed by atoms with Crippen molar-refractivity contribution in [3.8, 4) is 0 Å². The Morgan fingerprint density at radius 3 is 2.92 bits per heavy atom. The second kappa shape index (κ2) is 8.44. The van der Waals surface area contributed by atoms with Gasteiger partial charge in [-0.2, -0.15) is 4.98 Å². The number of aromatic nitrogens is 2. The van der Waals surface area contributed by atoms with E-state index in [1.807, 2.05) is 0 Å². The van der Waals surface area contributed by atoms with E-state index in [0.717, 1.165) is 19.3 Å². The molecule has 1 aromatic rings. The minimum Gasteiger partial charge on any atom is -0.377 e. The molecule has 2 aliphatic rings. The molecule has 142 valence electrons. The van der Waals surface area contributed by atoms with Crippen LogP contribution >= 0.6 is 0 Å². The quantitative estimate of drug-likeness (QED) is 0.768. The third kappa shape index (κ3) is 4.12. The molecule has 2 amide bonds. The van der Waals surface area contributed by atoms with Gasteiger partial charge in [0.2, 0.25) is 17.7 Å². The number of hydrogen-bond acceptors (Lipinski definition) is 6. The molecule has 2 heterocycles. The van der Waals surface area contributed by atoms with Crippen LogP contribution in [-0.4, -0.2) is 54.1 Å². The summed E-state index contributed by atoms with van der Waals surface area (Å²) in [7, 11) is 3.15. The third-order valence-electron chi connectivity index (χ3n) is 5.09. The van der Waals surface area contributed by atoms with Gasteiger partial charge in [0.15, 0.2) is 5.82 Å². The van der Waals surface area contributed by atoms with Crippen molar-refractivity contribution in [2.45, 2.75) is 44.6 Å². The maximum Gasteiger partial charge on any atom is 0.232 e. The molecule has 26 heavy (non-hydrogen) atoms. The van der Waals surface area contributed by atoms with Gasteiger partial charge in [0.25, 0.3) is 0 Å². The monoisotopic (exact) mass is 362 g/mol. The summed E-state index contributed by atoms with van der Waals surface area (Å²) in [6.07, 6.45) is 7.00. The first-order valence-corrected chi connectivity index (χ1v) is 9.11. The number of carbonyl (C=O) groups is 2. The molecule has 1 N–H and O–H groups in total. The molecule has 0 spiro atoms. The number of carbonyl (C=O) groups excluding carboxylic acids is 2. The van der Waals surface area contributed by atoms with Crippen LogP contribution in [0.3, 0.4) is 0 Å². The fourth-order valence-electron chi connectivity index (χ4n) is 3.69. The molecule has 8 nitrogen and oxygen atoms in total. The van der Waals surface area contributed by atoms with Gasteiger partial charge in [-0.25, -0.2) is 0 Å². The number of rotatable bonds is 6. The number of allylic oxidation sites excluding steroid dienone is 1. The molecule has 0 bridgehead atoms. The molecule has 0 unspecified atom stereocenters. The number of methoxy groups -OCH3 is 1. The summed E-state index contributed by atoms with van der Waals surface area (Å²) in [4.78, 5) is 31.1. The summed E-state index contributed by atoms with van der Waals surface area (Å²) in [6.45, 7) is 1.04. The lowest BCUT2D eigenvalue weighted by Crippen LogP contribution is -2.33. The van der Waals surface area contributed by atoms with Crippen LogP contribution in [-0.2, 0) is 20.9 Å². The minimum absolute atomic E-state index is 0.0613. The second-order valence-corrected chi connectivity index (χ2v) is 6.89. The first-order chi connectivity index (χ1) is 12.6. The molecular formula is C18H26N4O4. The van der Waals surface area contributed by atoms with E-state index >= 15 is 0 Å². The third-order valence-corrected chi connectivity index (χ3v) is 5.09. The number of nitrogens with one attached hydrogen (secondary N) is 1. The van der Waals surface area contributed by atoms with Gasteiger partial charge in [-0.3, -0.25) is 9.59 Å². The van der Waals surface area contributed by atoms with E-state index in [9.17, 15) is 9.59 Å². The summed E-state index contributed by atoms with van der Waals surface area (Å²) in [5.74, 6) is 0.0884. The fraction of sp³-hybridized carbons (Fsp3) is 0.667.